The van der Waals surface area contributed by atoms with E-state index in [0.717, 1.165) is 35.6 Å². The van der Waals surface area contributed by atoms with Gasteiger partial charge in [0.25, 0.3) is 10.0 Å². The molecule has 0 unspecified atom stereocenters. The Morgan fingerprint density at radius 2 is 1.69 bits per heavy atom. The highest BCUT2D eigenvalue weighted by Gasteiger charge is 2.27. The zero-order chi connectivity index (χ0) is 25.5. The van der Waals surface area contributed by atoms with E-state index in [-0.39, 0.29) is 17.2 Å². The molecule has 0 aliphatic heterocycles. The Bertz CT molecular complexity index is 1510. The molecular formula is C23H17F3N5O2S2-. The summed E-state index contributed by atoms with van der Waals surface area (Å²) in [6.45, 7) is 11.6. The highest BCUT2D eigenvalue weighted by Crippen LogP contribution is 2.42. The van der Waals surface area contributed by atoms with Crippen LogP contribution in [0.3, 0.4) is 0 Å². The maximum atomic E-state index is 15.6. The Kier molecular flexibility index (Phi) is 6.28. The van der Waals surface area contributed by atoms with Gasteiger partial charge < -0.3 is 12.7 Å². The summed E-state index contributed by atoms with van der Waals surface area (Å²) in [6.07, 6.45) is 1.41. The smallest absolute Gasteiger partial charge is 0.267 e. The van der Waals surface area contributed by atoms with Crippen LogP contribution in [0.4, 0.5) is 24.8 Å². The van der Waals surface area contributed by atoms with E-state index in [1.165, 1.54) is 18.3 Å². The van der Waals surface area contributed by atoms with Crippen molar-refractivity contribution in [2.75, 3.05) is 10.5 Å². The van der Waals surface area contributed by atoms with Crippen LogP contribution in [0.15, 0.2) is 53.6 Å². The monoisotopic (exact) mass is 516 g/mol. The topological polar surface area (TPSA) is 111 Å². The van der Waals surface area contributed by atoms with Crippen LogP contribution in [-0.2, 0) is 15.4 Å². The van der Waals surface area contributed by atoms with Crippen molar-refractivity contribution in [2.45, 2.75) is 24.2 Å². The summed E-state index contributed by atoms with van der Waals surface area (Å²) < 4.78 is 71.1. The molecule has 180 valence electrons. The fourth-order valence-electron chi connectivity index (χ4n) is 3.17. The van der Waals surface area contributed by atoms with Crippen LogP contribution in [0.1, 0.15) is 18.9 Å². The number of hydrogen-bond donors (Lipinski definition) is 2. The minimum absolute atomic E-state index is 0.0255. The lowest BCUT2D eigenvalue weighted by atomic mass is 9.98. The summed E-state index contributed by atoms with van der Waals surface area (Å²) >= 11 is 1.10. The first-order valence-electron chi connectivity index (χ1n) is 9.99. The van der Waals surface area contributed by atoms with Gasteiger partial charge in [0.05, 0.1) is 27.0 Å². The molecule has 0 saturated carbocycles. The van der Waals surface area contributed by atoms with E-state index in [9.17, 15) is 17.2 Å². The van der Waals surface area contributed by atoms with Crippen molar-refractivity contribution >= 4 is 33.0 Å². The van der Waals surface area contributed by atoms with E-state index in [1.807, 2.05) is 4.72 Å². The number of rotatable bonds is 6. The van der Waals surface area contributed by atoms with Crippen molar-refractivity contribution in [1.82, 2.24) is 15.0 Å². The quantitative estimate of drug-likeness (QED) is 0.352. The molecule has 4 aromatic rings. The SMILES string of the molecule is [C-]C(C)(C)c1nc(-c2cccc(NS(=O)(=O)c3c(F)cccc3F)c2F)c(-c2ccnc(N)n2)s1. The Hall–Kier alpha value is -3.51. The van der Waals surface area contributed by atoms with E-state index < -0.39 is 43.5 Å². The van der Waals surface area contributed by atoms with Gasteiger partial charge in [-0.15, -0.1) is 11.3 Å². The number of sulfonamides is 1. The number of halogens is 3. The average Bonchev–Trinajstić information content (AvgIpc) is 3.21. The van der Waals surface area contributed by atoms with Crippen molar-refractivity contribution in [3.05, 3.63) is 78.0 Å². The lowest BCUT2D eigenvalue weighted by Gasteiger charge is -2.29. The molecule has 2 aromatic carbocycles. The number of anilines is 2. The molecule has 3 N–H and O–H groups in total. The lowest BCUT2D eigenvalue weighted by molar-refractivity contribution is 0.521. The molecule has 12 heteroatoms. The first-order valence-corrected chi connectivity index (χ1v) is 12.3. The van der Waals surface area contributed by atoms with Crippen LogP contribution in [-0.4, -0.2) is 23.4 Å². The first kappa shape index (κ1) is 24.6. The van der Waals surface area contributed by atoms with Gasteiger partial charge in [-0.25, -0.2) is 36.5 Å². The third-order valence-corrected chi connectivity index (χ3v) is 7.57. The van der Waals surface area contributed by atoms with Gasteiger partial charge in [0, 0.05) is 11.8 Å². The van der Waals surface area contributed by atoms with Gasteiger partial charge in [0.15, 0.2) is 10.7 Å². The summed E-state index contributed by atoms with van der Waals surface area (Å²) in [7, 11) is -4.81. The fraction of sp³-hybridized carbons (Fsp3) is 0.130. The summed E-state index contributed by atoms with van der Waals surface area (Å²) in [4.78, 5) is 11.6. The first-order chi connectivity index (χ1) is 16.4. The van der Waals surface area contributed by atoms with Gasteiger partial charge in [-0.1, -0.05) is 26.0 Å². The molecule has 0 saturated heterocycles. The summed E-state index contributed by atoms with van der Waals surface area (Å²) in [6, 6.07) is 7.95. The molecule has 0 bridgehead atoms. The molecule has 0 spiro atoms. The van der Waals surface area contributed by atoms with Gasteiger partial charge in [-0.2, -0.15) is 5.41 Å². The van der Waals surface area contributed by atoms with Crippen molar-refractivity contribution in [3.63, 3.8) is 0 Å². The average molecular weight is 517 g/mol. The molecule has 0 amide bonds. The van der Waals surface area contributed by atoms with E-state index >= 15 is 4.39 Å². The van der Waals surface area contributed by atoms with Gasteiger partial charge in [0.2, 0.25) is 5.95 Å². The Labute approximate surface area is 204 Å². The number of nitrogens with two attached hydrogens (primary N) is 1. The second-order valence-electron chi connectivity index (χ2n) is 7.95. The lowest BCUT2D eigenvalue weighted by Crippen LogP contribution is -2.17. The van der Waals surface area contributed by atoms with Crippen LogP contribution in [0.25, 0.3) is 21.8 Å². The van der Waals surface area contributed by atoms with Crippen molar-refractivity contribution in [3.8, 4) is 21.8 Å². The number of nitrogens with zero attached hydrogens (tertiary/aromatic N) is 3. The van der Waals surface area contributed by atoms with E-state index in [1.54, 1.807) is 19.9 Å². The second kappa shape index (κ2) is 8.93. The third kappa shape index (κ3) is 4.84. The number of hydrogen-bond acceptors (Lipinski definition) is 7. The van der Waals surface area contributed by atoms with Gasteiger partial charge in [-0.3, -0.25) is 4.72 Å². The minimum atomic E-state index is -4.81. The Balaban J connectivity index is 1.85. The normalized spacial score (nSPS) is 12.1. The van der Waals surface area contributed by atoms with Gasteiger partial charge >= 0.3 is 0 Å². The predicted molar refractivity (Wildman–Crippen MR) is 126 cm³/mol. The van der Waals surface area contributed by atoms with Gasteiger partial charge in [0.1, 0.15) is 11.6 Å². The number of thiazole rings is 1. The Morgan fingerprint density at radius 1 is 1.03 bits per heavy atom. The third-order valence-electron chi connectivity index (χ3n) is 4.75. The maximum absolute atomic E-state index is 15.6. The Morgan fingerprint density at radius 3 is 2.31 bits per heavy atom. The second-order valence-corrected chi connectivity index (χ2v) is 10.6. The molecule has 2 heterocycles. The van der Waals surface area contributed by atoms with Crippen LogP contribution < -0.4 is 10.5 Å². The number of aromatic nitrogens is 3. The fourth-order valence-corrected chi connectivity index (χ4v) is 5.43. The van der Waals surface area contributed by atoms with E-state index in [4.69, 9.17) is 12.7 Å². The predicted octanol–water partition coefficient (Wildman–Crippen LogP) is 4.93. The minimum Gasteiger partial charge on any atom is -0.691 e. The molecule has 7 nitrogen and oxygen atoms in total. The molecule has 4 rings (SSSR count). The van der Waals surface area contributed by atoms with E-state index in [0.29, 0.717) is 15.6 Å². The largest absolute Gasteiger partial charge is 0.691 e. The van der Waals surface area contributed by atoms with Crippen LogP contribution >= 0.6 is 11.3 Å². The molecule has 0 aliphatic carbocycles. The molecular weight excluding hydrogens is 499 g/mol. The number of benzene rings is 2. The standard InChI is InChI=1S/C23H17F3N5O2S2/c1-23(2,3)21-30-18(19(34-21)16-10-11-28-22(27)29-16)12-6-4-9-15(17(12)26)31-35(32,33)20-13(24)7-5-8-14(20)25/h4-11,31H,1-2H3,(H2,27,28,29)/q-1. The van der Waals surface area contributed by atoms with Crippen molar-refractivity contribution in [2.24, 2.45) is 0 Å². The van der Waals surface area contributed by atoms with Gasteiger partial charge in [-0.05, 0) is 30.3 Å². The number of nitrogens with one attached hydrogen (secondary N) is 1. The van der Waals surface area contributed by atoms with Crippen molar-refractivity contribution < 1.29 is 21.6 Å². The molecule has 2 aromatic heterocycles. The zero-order valence-corrected chi connectivity index (χ0v) is 19.9. The van der Waals surface area contributed by atoms with Crippen LogP contribution in [0.5, 0.6) is 0 Å². The molecule has 0 aliphatic rings. The molecule has 35 heavy (non-hydrogen) atoms. The zero-order valence-electron chi connectivity index (χ0n) is 18.3. The summed E-state index contributed by atoms with van der Waals surface area (Å²) in [5.41, 5.74) is 4.34. The van der Waals surface area contributed by atoms with Crippen LogP contribution in [0.2, 0.25) is 0 Å². The highest BCUT2D eigenvalue weighted by molar-refractivity contribution is 7.92. The molecule has 2 radical (unpaired) electrons. The summed E-state index contributed by atoms with van der Waals surface area (Å²) in [5.74, 6) is -3.70. The van der Waals surface area contributed by atoms with Crippen molar-refractivity contribution in [1.29, 1.82) is 0 Å². The molecule has 0 fully saturated rings. The van der Waals surface area contributed by atoms with Crippen LogP contribution in [0, 0.1) is 24.4 Å². The maximum Gasteiger partial charge on any atom is 0.267 e. The summed E-state index contributed by atoms with van der Waals surface area (Å²) in [5, 5.41) is 0.346. The van der Waals surface area contributed by atoms with E-state index in [2.05, 4.69) is 15.0 Å². The number of nitrogen functional groups attached to an aromatic ring is 1. The highest BCUT2D eigenvalue weighted by atomic mass is 32.2. The molecule has 0 atom stereocenters.